The molecule has 7 heteroatoms. The minimum absolute atomic E-state index is 0.190. The van der Waals surface area contributed by atoms with Gasteiger partial charge in [0.1, 0.15) is 0 Å². The second-order valence-corrected chi connectivity index (χ2v) is 6.71. The molecule has 0 unspecified atom stereocenters. The van der Waals surface area contributed by atoms with Gasteiger partial charge in [-0.05, 0) is 37.1 Å². The fourth-order valence-corrected chi connectivity index (χ4v) is 3.98. The zero-order chi connectivity index (χ0) is 14.0. The van der Waals surface area contributed by atoms with Gasteiger partial charge in [-0.1, -0.05) is 0 Å². The summed E-state index contributed by atoms with van der Waals surface area (Å²) in [5, 5.41) is 1.81. The zero-order valence-corrected chi connectivity index (χ0v) is 12.3. The maximum atomic E-state index is 12.3. The molecular formula is C12H15N3O2S2. The normalized spacial score (nSPS) is 11.7. The molecule has 0 radical (unpaired) electrons. The number of anilines is 1. The predicted molar refractivity (Wildman–Crippen MR) is 76.5 cm³/mol. The van der Waals surface area contributed by atoms with E-state index in [4.69, 9.17) is 5.73 Å². The third kappa shape index (κ3) is 3.12. The molecule has 19 heavy (non-hydrogen) atoms. The fourth-order valence-electron chi connectivity index (χ4n) is 1.97. The van der Waals surface area contributed by atoms with Gasteiger partial charge in [0.15, 0.2) is 0 Å². The van der Waals surface area contributed by atoms with Crippen LogP contribution in [0.15, 0.2) is 27.9 Å². The van der Waals surface area contributed by atoms with Crippen molar-refractivity contribution in [3.63, 3.8) is 0 Å². The number of nitrogens with one attached hydrogen (secondary N) is 1. The lowest BCUT2D eigenvalue weighted by Crippen LogP contribution is -2.25. The molecule has 2 aromatic rings. The molecule has 0 aliphatic rings. The van der Waals surface area contributed by atoms with Crippen LogP contribution in [0, 0.1) is 13.8 Å². The summed E-state index contributed by atoms with van der Waals surface area (Å²) in [5.74, 6) is 0. The predicted octanol–water partition coefficient (Wildman–Crippen LogP) is 1.82. The lowest BCUT2D eigenvalue weighted by atomic mass is 10.1. The average Bonchev–Trinajstić information content (AvgIpc) is 2.77. The average molecular weight is 297 g/mol. The summed E-state index contributed by atoms with van der Waals surface area (Å²) >= 11 is 1.43. The molecule has 0 aliphatic carbocycles. The van der Waals surface area contributed by atoms with Crippen LogP contribution in [0.25, 0.3) is 0 Å². The second kappa shape index (κ2) is 5.28. The smallest absolute Gasteiger partial charge is 0.241 e. The highest BCUT2D eigenvalue weighted by Crippen LogP contribution is 2.23. The van der Waals surface area contributed by atoms with Crippen LogP contribution in [0.2, 0.25) is 0 Å². The first-order valence-corrected chi connectivity index (χ1v) is 8.06. The van der Waals surface area contributed by atoms with E-state index in [1.165, 1.54) is 11.3 Å². The molecule has 0 saturated heterocycles. The number of nitrogens with zero attached hydrogens (tertiary/aromatic N) is 1. The van der Waals surface area contributed by atoms with Crippen LogP contribution in [0.3, 0.4) is 0 Å². The Morgan fingerprint density at radius 2 is 1.95 bits per heavy atom. The monoisotopic (exact) mass is 297 g/mol. The van der Waals surface area contributed by atoms with Gasteiger partial charge in [0.2, 0.25) is 10.0 Å². The van der Waals surface area contributed by atoms with Gasteiger partial charge in [0.05, 0.1) is 22.6 Å². The Bertz CT molecular complexity index is 656. The molecule has 0 saturated carbocycles. The Morgan fingerprint density at radius 3 is 2.47 bits per heavy atom. The van der Waals surface area contributed by atoms with Crippen LogP contribution in [0.1, 0.15) is 16.8 Å². The quantitative estimate of drug-likeness (QED) is 0.843. The number of nitrogen functional groups attached to an aromatic ring is 1. The van der Waals surface area contributed by atoms with E-state index in [2.05, 4.69) is 9.71 Å². The van der Waals surface area contributed by atoms with Crippen molar-refractivity contribution >= 4 is 27.0 Å². The van der Waals surface area contributed by atoms with E-state index in [9.17, 15) is 8.42 Å². The first-order valence-electron chi connectivity index (χ1n) is 5.63. The van der Waals surface area contributed by atoms with E-state index in [1.54, 1.807) is 31.5 Å². The lowest BCUT2D eigenvalue weighted by Gasteiger charge is -2.12. The van der Waals surface area contributed by atoms with Crippen molar-refractivity contribution in [2.75, 3.05) is 5.73 Å². The number of nitrogens with two attached hydrogens (primary N) is 1. The second-order valence-electron chi connectivity index (χ2n) is 4.29. The lowest BCUT2D eigenvalue weighted by molar-refractivity contribution is 0.579. The highest BCUT2D eigenvalue weighted by molar-refractivity contribution is 7.89. The Balaban J connectivity index is 2.29. The maximum Gasteiger partial charge on any atom is 0.241 e. The molecule has 1 heterocycles. The minimum atomic E-state index is -3.56. The molecule has 3 N–H and O–H groups in total. The Morgan fingerprint density at radius 1 is 1.32 bits per heavy atom. The molecular weight excluding hydrogens is 282 g/mol. The summed E-state index contributed by atoms with van der Waals surface area (Å²) in [5.41, 5.74) is 9.92. The Labute approximate surface area is 116 Å². The summed E-state index contributed by atoms with van der Waals surface area (Å²) in [6.45, 7) is 3.66. The van der Waals surface area contributed by atoms with Crippen LogP contribution in [0.4, 0.5) is 5.69 Å². The molecule has 1 aromatic heterocycles. The summed E-state index contributed by atoms with van der Waals surface area (Å²) < 4.78 is 27.2. The number of hydrogen-bond acceptors (Lipinski definition) is 5. The van der Waals surface area contributed by atoms with Gasteiger partial charge in [0.25, 0.3) is 0 Å². The number of sulfonamides is 1. The van der Waals surface area contributed by atoms with Gasteiger partial charge in [-0.2, -0.15) is 0 Å². The molecule has 0 amide bonds. The van der Waals surface area contributed by atoms with E-state index in [1.807, 2.05) is 5.38 Å². The van der Waals surface area contributed by atoms with Gasteiger partial charge in [0, 0.05) is 11.1 Å². The zero-order valence-electron chi connectivity index (χ0n) is 10.7. The van der Waals surface area contributed by atoms with Crippen molar-refractivity contribution in [1.29, 1.82) is 0 Å². The van der Waals surface area contributed by atoms with Gasteiger partial charge in [-0.15, -0.1) is 11.3 Å². The van der Waals surface area contributed by atoms with Crippen LogP contribution in [-0.4, -0.2) is 13.4 Å². The third-order valence-corrected chi connectivity index (χ3v) is 5.02. The van der Waals surface area contributed by atoms with Crippen LogP contribution < -0.4 is 10.5 Å². The number of hydrogen-bond donors (Lipinski definition) is 2. The van der Waals surface area contributed by atoms with Gasteiger partial charge in [-0.25, -0.2) is 18.1 Å². The molecule has 102 valence electrons. The maximum absolute atomic E-state index is 12.3. The number of aryl methyl sites for hydroxylation is 2. The molecule has 1 aromatic carbocycles. The number of thiazole rings is 1. The highest BCUT2D eigenvalue weighted by Gasteiger charge is 2.19. The summed E-state index contributed by atoms with van der Waals surface area (Å²) in [7, 11) is -3.56. The van der Waals surface area contributed by atoms with Crippen molar-refractivity contribution in [3.05, 3.63) is 39.8 Å². The van der Waals surface area contributed by atoms with Gasteiger partial charge in [-0.3, -0.25) is 0 Å². The minimum Gasteiger partial charge on any atom is -0.399 e. The number of aromatic nitrogens is 1. The first kappa shape index (κ1) is 14.0. The molecule has 0 atom stereocenters. The van der Waals surface area contributed by atoms with Crippen LogP contribution in [0.5, 0.6) is 0 Å². The number of rotatable bonds is 4. The molecule has 5 nitrogen and oxygen atoms in total. The largest absolute Gasteiger partial charge is 0.399 e. The molecule has 2 rings (SSSR count). The SMILES string of the molecule is Cc1cc(N)cc(C)c1S(=O)(=O)NCc1cscn1. The highest BCUT2D eigenvalue weighted by atomic mass is 32.2. The van der Waals surface area contributed by atoms with Crippen LogP contribution in [-0.2, 0) is 16.6 Å². The molecule has 0 bridgehead atoms. The standard InChI is InChI=1S/C12H15N3O2S2/c1-8-3-10(13)4-9(2)12(8)19(16,17)15-5-11-6-18-7-14-11/h3-4,6-7,15H,5,13H2,1-2H3. The van der Waals surface area contributed by atoms with E-state index in [0.29, 0.717) is 22.5 Å². The van der Waals surface area contributed by atoms with E-state index >= 15 is 0 Å². The first-order chi connectivity index (χ1) is 8.90. The van der Waals surface area contributed by atoms with Crippen LogP contribution >= 0.6 is 11.3 Å². The molecule has 0 fully saturated rings. The summed E-state index contributed by atoms with van der Waals surface area (Å²) in [4.78, 5) is 4.33. The van der Waals surface area contributed by atoms with E-state index in [0.717, 1.165) is 0 Å². The Kier molecular flexibility index (Phi) is 3.88. The Hall–Kier alpha value is -1.44. The van der Waals surface area contributed by atoms with Crippen molar-refractivity contribution in [3.8, 4) is 0 Å². The molecule has 0 aliphatic heterocycles. The third-order valence-electron chi connectivity index (χ3n) is 2.68. The summed E-state index contributed by atoms with van der Waals surface area (Å²) in [6, 6.07) is 3.31. The van der Waals surface area contributed by atoms with E-state index in [-0.39, 0.29) is 11.4 Å². The topological polar surface area (TPSA) is 85.1 Å². The van der Waals surface area contributed by atoms with Crippen molar-refractivity contribution in [1.82, 2.24) is 9.71 Å². The fraction of sp³-hybridized carbons (Fsp3) is 0.250. The van der Waals surface area contributed by atoms with Gasteiger partial charge >= 0.3 is 0 Å². The van der Waals surface area contributed by atoms with E-state index < -0.39 is 10.0 Å². The molecule has 0 spiro atoms. The number of benzene rings is 1. The van der Waals surface area contributed by atoms with Gasteiger partial charge < -0.3 is 5.73 Å². The van der Waals surface area contributed by atoms with Crippen molar-refractivity contribution < 1.29 is 8.42 Å². The van der Waals surface area contributed by atoms with Crippen molar-refractivity contribution in [2.24, 2.45) is 0 Å². The summed E-state index contributed by atoms with van der Waals surface area (Å²) in [6.07, 6.45) is 0. The van der Waals surface area contributed by atoms with Crippen molar-refractivity contribution in [2.45, 2.75) is 25.3 Å².